The van der Waals surface area contributed by atoms with Gasteiger partial charge in [0.15, 0.2) is 6.04 Å². The zero-order chi connectivity index (χ0) is 18.0. The van der Waals surface area contributed by atoms with Gasteiger partial charge in [-0.1, -0.05) is 30.3 Å². The number of carboxylic acids is 1. The van der Waals surface area contributed by atoms with Crippen molar-refractivity contribution in [3.05, 3.63) is 60.4 Å². The first kappa shape index (κ1) is 16.7. The van der Waals surface area contributed by atoms with Crippen molar-refractivity contribution in [2.75, 3.05) is 0 Å². The predicted molar refractivity (Wildman–Crippen MR) is 91.2 cm³/mol. The molecule has 2 heterocycles. The zero-order valence-corrected chi connectivity index (χ0v) is 13.5. The number of aliphatic carboxylic acids is 1. The molecule has 3 rings (SSSR count). The van der Waals surface area contributed by atoms with Crippen molar-refractivity contribution >= 4 is 17.5 Å². The van der Waals surface area contributed by atoms with E-state index in [9.17, 15) is 14.7 Å². The Labute approximate surface area is 143 Å². The van der Waals surface area contributed by atoms with Crippen molar-refractivity contribution in [2.45, 2.75) is 19.1 Å². The van der Waals surface area contributed by atoms with E-state index in [-0.39, 0.29) is 5.56 Å². The molecule has 0 bridgehead atoms. The number of nitrogens with zero attached hydrogens (tertiary/aromatic N) is 2. The first-order valence-corrected chi connectivity index (χ1v) is 7.71. The molecule has 2 aromatic heterocycles. The zero-order valence-electron chi connectivity index (χ0n) is 13.5. The number of carbonyl (C=O) groups is 2. The number of fused-ring (bicyclic) bond motifs is 1. The molecule has 2 unspecified atom stereocenters. The van der Waals surface area contributed by atoms with Gasteiger partial charge in [-0.25, -0.2) is 9.78 Å². The number of aliphatic hydroxyl groups excluding tert-OH is 1. The summed E-state index contributed by atoms with van der Waals surface area (Å²) < 4.78 is 1.78. The van der Waals surface area contributed by atoms with Crippen LogP contribution in [0.25, 0.3) is 16.9 Å². The van der Waals surface area contributed by atoms with E-state index in [1.54, 1.807) is 22.7 Å². The monoisotopic (exact) mass is 339 g/mol. The van der Waals surface area contributed by atoms with Gasteiger partial charge in [-0.15, -0.1) is 0 Å². The summed E-state index contributed by atoms with van der Waals surface area (Å²) in [5.74, 6) is -1.88. The summed E-state index contributed by atoms with van der Waals surface area (Å²) >= 11 is 0. The van der Waals surface area contributed by atoms with Crippen LogP contribution in [0.4, 0.5) is 0 Å². The SMILES string of the molecule is CC(O)C(NC(=O)c1ccn2cc(-c3ccccc3)nc2c1)C(=O)O. The standard InChI is InChI=1S/C18H17N3O4/c1-11(22)16(18(24)25)20-17(23)13-7-8-21-10-14(19-15(21)9-13)12-5-3-2-4-6-12/h2-11,16,22H,1H3,(H,20,23)(H,24,25). The lowest BCUT2D eigenvalue weighted by Crippen LogP contribution is -2.47. The number of benzene rings is 1. The minimum Gasteiger partial charge on any atom is -0.480 e. The number of hydrogen-bond donors (Lipinski definition) is 3. The molecule has 0 saturated carbocycles. The Bertz CT molecular complexity index is 918. The summed E-state index contributed by atoms with van der Waals surface area (Å²) in [5, 5.41) is 20.8. The van der Waals surface area contributed by atoms with Crippen molar-refractivity contribution in [1.82, 2.24) is 14.7 Å². The normalized spacial score (nSPS) is 13.4. The lowest BCUT2D eigenvalue weighted by atomic mass is 10.1. The summed E-state index contributed by atoms with van der Waals surface area (Å²) in [7, 11) is 0. The second-order valence-electron chi connectivity index (χ2n) is 5.70. The van der Waals surface area contributed by atoms with Crippen LogP contribution in [0.5, 0.6) is 0 Å². The van der Waals surface area contributed by atoms with E-state index in [1.807, 2.05) is 36.5 Å². The van der Waals surface area contributed by atoms with Crippen LogP contribution in [-0.4, -0.2) is 43.6 Å². The fraction of sp³-hybridized carbons (Fsp3) is 0.167. The highest BCUT2D eigenvalue weighted by Crippen LogP contribution is 2.19. The van der Waals surface area contributed by atoms with Crippen LogP contribution in [0.2, 0.25) is 0 Å². The first-order chi connectivity index (χ1) is 12.0. The molecule has 128 valence electrons. The van der Waals surface area contributed by atoms with E-state index in [4.69, 9.17) is 5.11 Å². The Hall–Kier alpha value is -3.19. The number of carbonyl (C=O) groups excluding carboxylic acids is 1. The number of amides is 1. The first-order valence-electron chi connectivity index (χ1n) is 7.71. The van der Waals surface area contributed by atoms with Crippen LogP contribution < -0.4 is 5.32 Å². The number of rotatable bonds is 5. The molecule has 25 heavy (non-hydrogen) atoms. The molecule has 0 aliphatic heterocycles. The maximum atomic E-state index is 12.3. The Morgan fingerprint density at radius 3 is 2.56 bits per heavy atom. The highest BCUT2D eigenvalue weighted by molar-refractivity contribution is 5.97. The van der Waals surface area contributed by atoms with Crippen LogP contribution in [0.3, 0.4) is 0 Å². The highest BCUT2D eigenvalue weighted by Gasteiger charge is 2.25. The van der Waals surface area contributed by atoms with Gasteiger partial charge in [0.2, 0.25) is 0 Å². The molecular weight excluding hydrogens is 322 g/mol. The van der Waals surface area contributed by atoms with Crippen LogP contribution in [0, 0.1) is 0 Å². The van der Waals surface area contributed by atoms with Gasteiger partial charge in [-0.2, -0.15) is 0 Å². The van der Waals surface area contributed by atoms with Crippen molar-refractivity contribution in [3.63, 3.8) is 0 Å². The summed E-state index contributed by atoms with van der Waals surface area (Å²) in [4.78, 5) is 27.8. The number of imidazole rings is 1. The third kappa shape index (κ3) is 3.51. The molecule has 0 saturated heterocycles. The Balaban J connectivity index is 1.88. The average molecular weight is 339 g/mol. The van der Waals surface area contributed by atoms with Crippen molar-refractivity contribution in [2.24, 2.45) is 0 Å². The molecule has 0 radical (unpaired) electrons. The molecule has 0 aliphatic rings. The molecule has 3 aromatic rings. The van der Waals surface area contributed by atoms with Crippen LogP contribution >= 0.6 is 0 Å². The molecule has 3 N–H and O–H groups in total. The number of hydrogen-bond acceptors (Lipinski definition) is 4. The predicted octanol–water partition coefficient (Wildman–Crippen LogP) is 1.57. The molecule has 7 heteroatoms. The number of aromatic nitrogens is 2. The molecule has 0 aliphatic carbocycles. The average Bonchev–Trinajstić information content (AvgIpc) is 3.02. The molecule has 0 spiro atoms. The van der Waals surface area contributed by atoms with E-state index in [0.29, 0.717) is 5.65 Å². The van der Waals surface area contributed by atoms with Gasteiger partial charge in [0.1, 0.15) is 5.65 Å². The smallest absolute Gasteiger partial charge is 0.328 e. The highest BCUT2D eigenvalue weighted by atomic mass is 16.4. The van der Waals surface area contributed by atoms with Crippen molar-refractivity contribution < 1.29 is 19.8 Å². The second-order valence-corrected chi connectivity index (χ2v) is 5.70. The third-order valence-electron chi connectivity index (χ3n) is 3.83. The molecule has 7 nitrogen and oxygen atoms in total. The molecule has 0 fully saturated rings. The molecule has 2 atom stereocenters. The lowest BCUT2D eigenvalue weighted by molar-refractivity contribution is -0.141. The van der Waals surface area contributed by atoms with Gasteiger partial charge in [0.25, 0.3) is 5.91 Å². The number of nitrogens with one attached hydrogen (secondary N) is 1. The largest absolute Gasteiger partial charge is 0.480 e. The van der Waals surface area contributed by atoms with Crippen LogP contribution in [-0.2, 0) is 4.79 Å². The van der Waals surface area contributed by atoms with Crippen molar-refractivity contribution in [1.29, 1.82) is 0 Å². The van der Waals surface area contributed by atoms with Gasteiger partial charge in [0.05, 0.1) is 11.8 Å². The topological polar surface area (TPSA) is 104 Å². The number of pyridine rings is 1. The molecule has 1 amide bonds. The van der Waals surface area contributed by atoms with Gasteiger partial charge < -0.3 is 19.9 Å². The second kappa shape index (κ2) is 6.74. The van der Waals surface area contributed by atoms with E-state index in [1.165, 1.54) is 6.92 Å². The third-order valence-corrected chi connectivity index (χ3v) is 3.83. The summed E-state index contributed by atoms with van der Waals surface area (Å²) in [6.45, 7) is 1.31. The van der Waals surface area contributed by atoms with E-state index < -0.39 is 24.0 Å². The molecular formula is C18H17N3O4. The number of carboxylic acid groups (broad SMARTS) is 1. The Morgan fingerprint density at radius 1 is 1.20 bits per heavy atom. The van der Waals surface area contributed by atoms with Gasteiger partial charge in [0, 0.05) is 23.5 Å². The van der Waals surface area contributed by atoms with E-state index >= 15 is 0 Å². The van der Waals surface area contributed by atoms with Crippen LogP contribution in [0.15, 0.2) is 54.9 Å². The summed E-state index contributed by atoms with van der Waals surface area (Å²) in [6.07, 6.45) is 2.32. The fourth-order valence-corrected chi connectivity index (χ4v) is 2.48. The van der Waals surface area contributed by atoms with Gasteiger partial charge >= 0.3 is 5.97 Å². The number of aliphatic hydroxyl groups is 1. The van der Waals surface area contributed by atoms with Gasteiger partial charge in [-0.3, -0.25) is 4.79 Å². The fourth-order valence-electron chi connectivity index (χ4n) is 2.48. The minimum atomic E-state index is -1.37. The minimum absolute atomic E-state index is 0.268. The summed E-state index contributed by atoms with van der Waals surface area (Å²) in [6, 6.07) is 11.4. The Morgan fingerprint density at radius 2 is 1.92 bits per heavy atom. The summed E-state index contributed by atoms with van der Waals surface area (Å²) in [5.41, 5.74) is 2.56. The molecule has 1 aromatic carbocycles. The quantitative estimate of drug-likeness (QED) is 0.654. The van der Waals surface area contributed by atoms with Crippen LogP contribution in [0.1, 0.15) is 17.3 Å². The van der Waals surface area contributed by atoms with E-state index in [2.05, 4.69) is 10.3 Å². The maximum Gasteiger partial charge on any atom is 0.328 e. The van der Waals surface area contributed by atoms with Crippen molar-refractivity contribution in [3.8, 4) is 11.3 Å². The van der Waals surface area contributed by atoms with Gasteiger partial charge in [-0.05, 0) is 19.1 Å². The lowest BCUT2D eigenvalue weighted by Gasteiger charge is -2.16. The Kier molecular flexibility index (Phi) is 4.49. The van der Waals surface area contributed by atoms with E-state index in [0.717, 1.165) is 11.3 Å². The maximum absolute atomic E-state index is 12.3.